The largest absolute Gasteiger partial charge is 0.438 e. The average molecular weight is 331 g/mol. The number of hydrogen-bond acceptors (Lipinski definition) is 5. The van der Waals surface area contributed by atoms with E-state index in [1.54, 1.807) is 0 Å². The van der Waals surface area contributed by atoms with Crippen molar-refractivity contribution in [2.45, 2.75) is 25.2 Å². The van der Waals surface area contributed by atoms with Crippen molar-refractivity contribution in [2.24, 2.45) is 0 Å². The normalized spacial score (nSPS) is 23.0. The lowest BCUT2D eigenvalue weighted by Crippen LogP contribution is -2.59. The van der Waals surface area contributed by atoms with E-state index < -0.39 is 34.8 Å². The van der Waals surface area contributed by atoms with E-state index in [-0.39, 0.29) is 16.3 Å². The molecular formula is C13H12F3N3O4. The van der Waals surface area contributed by atoms with Gasteiger partial charge in [0.1, 0.15) is 0 Å². The Bertz CT molecular complexity index is 689. The Morgan fingerprint density at radius 1 is 1.52 bits per heavy atom. The minimum absolute atomic E-state index is 0.00334. The zero-order valence-corrected chi connectivity index (χ0v) is 11.8. The van der Waals surface area contributed by atoms with Crippen LogP contribution in [0.25, 0.3) is 0 Å². The first-order valence-corrected chi connectivity index (χ1v) is 6.40. The van der Waals surface area contributed by atoms with E-state index in [1.165, 1.54) is 19.1 Å². The summed E-state index contributed by atoms with van der Waals surface area (Å²) in [6.07, 6.45) is -4.67. The van der Waals surface area contributed by atoms with Crippen LogP contribution in [-0.2, 0) is 0 Å². The molecule has 1 amide bonds. The number of amides is 1. The molecule has 1 aliphatic heterocycles. The van der Waals surface area contributed by atoms with Gasteiger partial charge < -0.3 is 5.11 Å². The Hall–Kier alpha value is -2.62. The van der Waals surface area contributed by atoms with Gasteiger partial charge in [0, 0.05) is 29.8 Å². The number of hydrazine groups is 1. The Balaban J connectivity index is 2.44. The molecule has 1 unspecified atom stereocenters. The van der Waals surface area contributed by atoms with Gasteiger partial charge in [-0.15, -0.1) is 0 Å². The monoisotopic (exact) mass is 331 g/mol. The molecule has 1 fully saturated rings. The molecule has 2 rings (SSSR count). The third kappa shape index (κ3) is 2.84. The summed E-state index contributed by atoms with van der Waals surface area (Å²) < 4.78 is 39.5. The van der Waals surface area contributed by atoms with Crippen LogP contribution < -0.4 is 5.43 Å². The highest BCUT2D eigenvalue weighted by molar-refractivity contribution is 5.95. The maximum atomic E-state index is 13.2. The Morgan fingerprint density at radius 3 is 2.70 bits per heavy atom. The maximum Gasteiger partial charge on any atom is 0.438 e. The average Bonchev–Trinajstić information content (AvgIpc) is 2.84. The zero-order valence-electron chi connectivity index (χ0n) is 11.8. The van der Waals surface area contributed by atoms with Gasteiger partial charge in [0.15, 0.2) is 0 Å². The lowest BCUT2D eigenvalue weighted by atomic mass is 10.1. The quantitative estimate of drug-likeness (QED) is 0.639. The molecule has 1 atom stereocenters. The number of nitro groups is 1. The molecule has 1 aliphatic rings. The molecule has 1 aromatic carbocycles. The van der Waals surface area contributed by atoms with Gasteiger partial charge in [-0.05, 0) is 13.0 Å². The third-order valence-electron chi connectivity index (χ3n) is 3.37. The number of halogens is 3. The number of benzene rings is 1. The first-order chi connectivity index (χ1) is 10.6. The third-order valence-corrected chi connectivity index (χ3v) is 3.37. The van der Waals surface area contributed by atoms with E-state index in [2.05, 4.69) is 5.43 Å². The number of nitrogens with one attached hydrogen (secondary N) is 1. The number of rotatable bonds is 2. The van der Waals surface area contributed by atoms with E-state index in [0.29, 0.717) is 0 Å². The first-order valence-electron chi connectivity index (χ1n) is 6.40. The number of aliphatic hydroxyl groups is 1. The van der Waals surface area contributed by atoms with Crippen LogP contribution in [0.4, 0.5) is 18.9 Å². The second-order valence-corrected chi connectivity index (χ2v) is 4.86. The van der Waals surface area contributed by atoms with Gasteiger partial charge in [-0.25, -0.2) is 5.01 Å². The summed E-state index contributed by atoms with van der Waals surface area (Å²) in [6, 6.07) is 4.24. The number of carbonyl (C=O) groups excluding carboxylic acids is 1. The summed E-state index contributed by atoms with van der Waals surface area (Å²) in [5.74, 6) is -1.23. The van der Waals surface area contributed by atoms with Crippen molar-refractivity contribution >= 4 is 11.6 Å². The topological polar surface area (TPSA) is 95.7 Å². The molecule has 1 heterocycles. The lowest BCUT2D eigenvalue weighted by molar-refractivity contribution is -0.384. The summed E-state index contributed by atoms with van der Waals surface area (Å²) in [5.41, 5.74) is -2.04. The summed E-state index contributed by atoms with van der Waals surface area (Å²) in [6.45, 7) is 1.44. The number of non-ortho nitro benzene ring substituents is 1. The van der Waals surface area contributed by atoms with Gasteiger partial charge in [-0.1, -0.05) is 12.1 Å². The Morgan fingerprint density at radius 2 is 2.17 bits per heavy atom. The SMILES string of the molecule is CC=C1CC(O)(C(F)(F)F)N(C(=O)c2cccc([N+](=O)[O-])c2)N1. The van der Waals surface area contributed by atoms with Crippen LogP contribution in [0.5, 0.6) is 0 Å². The highest BCUT2D eigenvalue weighted by atomic mass is 19.4. The lowest BCUT2D eigenvalue weighted by Gasteiger charge is -2.33. The molecule has 10 heteroatoms. The molecule has 1 aromatic rings. The molecule has 0 saturated carbocycles. The fourth-order valence-corrected chi connectivity index (χ4v) is 2.11. The van der Waals surface area contributed by atoms with Gasteiger partial charge in [0.2, 0.25) is 0 Å². The van der Waals surface area contributed by atoms with Crippen molar-refractivity contribution in [3.05, 3.63) is 51.7 Å². The summed E-state index contributed by atoms with van der Waals surface area (Å²) in [7, 11) is 0. The molecular weight excluding hydrogens is 319 g/mol. The van der Waals surface area contributed by atoms with Gasteiger partial charge in [0.25, 0.3) is 17.3 Å². The van der Waals surface area contributed by atoms with Crippen LogP contribution >= 0.6 is 0 Å². The predicted octanol–water partition coefficient (Wildman–Crippen LogP) is 2.10. The summed E-state index contributed by atoms with van der Waals surface area (Å²) >= 11 is 0. The second-order valence-electron chi connectivity index (χ2n) is 4.86. The van der Waals surface area contributed by atoms with Crippen LogP contribution in [0.3, 0.4) is 0 Å². The molecule has 1 saturated heterocycles. The number of alkyl halides is 3. The molecule has 0 aliphatic carbocycles. The number of nitrogens with zero attached hydrogens (tertiary/aromatic N) is 2. The highest BCUT2D eigenvalue weighted by Gasteiger charge is 2.63. The molecule has 0 bridgehead atoms. The molecule has 2 N–H and O–H groups in total. The van der Waals surface area contributed by atoms with E-state index in [9.17, 15) is 33.2 Å². The standard InChI is InChI=1S/C13H12F3N3O4/c1-2-9-7-12(21,13(14,15)16)18(17-9)11(20)8-4-3-5-10(6-8)19(22)23/h2-6,17,21H,7H2,1H3. The van der Waals surface area contributed by atoms with Crippen molar-refractivity contribution in [2.75, 3.05) is 0 Å². The highest BCUT2D eigenvalue weighted by Crippen LogP contribution is 2.41. The van der Waals surface area contributed by atoms with Gasteiger partial charge in [-0.3, -0.25) is 20.3 Å². The summed E-state index contributed by atoms with van der Waals surface area (Å²) in [5, 5.41) is 20.7. The number of carbonyl (C=O) groups is 1. The molecule has 7 nitrogen and oxygen atoms in total. The van der Waals surface area contributed by atoms with E-state index >= 15 is 0 Å². The molecule has 23 heavy (non-hydrogen) atoms. The zero-order chi connectivity index (χ0) is 17.4. The number of nitro benzene ring substituents is 1. The van der Waals surface area contributed by atoms with Crippen molar-refractivity contribution in [3.8, 4) is 0 Å². The molecule has 0 spiro atoms. The molecule has 0 radical (unpaired) electrons. The predicted molar refractivity (Wildman–Crippen MR) is 71.8 cm³/mol. The van der Waals surface area contributed by atoms with Gasteiger partial charge in [-0.2, -0.15) is 13.2 Å². The summed E-state index contributed by atoms with van der Waals surface area (Å²) in [4.78, 5) is 22.2. The van der Waals surface area contributed by atoms with Crippen LogP contribution in [0.15, 0.2) is 36.0 Å². The molecule has 124 valence electrons. The van der Waals surface area contributed by atoms with Crippen molar-refractivity contribution in [1.82, 2.24) is 10.4 Å². The van der Waals surface area contributed by atoms with E-state index in [1.807, 2.05) is 0 Å². The van der Waals surface area contributed by atoms with E-state index in [4.69, 9.17) is 0 Å². The number of hydrogen-bond donors (Lipinski definition) is 2. The van der Waals surface area contributed by atoms with Crippen LogP contribution in [0.2, 0.25) is 0 Å². The Labute approximate surface area is 128 Å². The second kappa shape index (κ2) is 5.54. The van der Waals surface area contributed by atoms with E-state index in [0.717, 1.165) is 18.2 Å². The van der Waals surface area contributed by atoms with Crippen LogP contribution in [0.1, 0.15) is 23.7 Å². The molecule has 0 aromatic heterocycles. The van der Waals surface area contributed by atoms with Crippen LogP contribution in [-0.4, -0.2) is 32.8 Å². The minimum Gasteiger partial charge on any atom is -0.362 e. The first kappa shape index (κ1) is 16.7. The van der Waals surface area contributed by atoms with Crippen LogP contribution in [0, 0.1) is 10.1 Å². The number of allylic oxidation sites excluding steroid dienone is 1. The maximum absolute atomic E-state index is 13.2. The van der Waals surface area contributed by atoms with Crippen molar-refractivity contribution < 1.29 is 28.0 Å². The smallest absolute Gasteiger partial charge is 0.362 e. The minimum atomic E-state index is -5.11. The fourth-order valence-electron chi connectivity index (χ4n) is 2.11. The van der Waals surface area contributed by atoms with Crippen molar-refractivity contribution in [3.63, 3.8) is 0 Å². The van der Waals surface area contributed by atoms with Crippen molar-refractivity contribution in [1.29, 1.82) is 0 Å². The Kier molecular flexibility index (Phi) is 4.03. The van der Waals surface area contributed by atoms with Gasteiger partial charge >= 0.3 is 6.18 Å². The fraction of sp³-hybridized carbons (Fsp3) is 0.308. The van der Waals surface area contributed by atoms with Gasteiger partial charge in [0.05, 0.1) is 4.92 Å².